The molecule has 0 bridgehead atoms. The van der Waals surface area contributed by atoms with E-state index >= 15 is 0 Å². The van der Waals surface area contributed by atoms with Crippen molar-refractivity contribution in [3.8, 4) is 11.5 Å². The molecule has 0 saturated carbocycles. The lowest BCUT2D eigenvalue weighted by molar-refractivity contribution is 0.184. The second-order valence-corrected chi connectivity index (χ2v) is 5.99. The van der Waals surface area contributed by atoms with Crippen LogP contribution in [0.25, 0.3) is 11.5 Å². The summed E-state index contributed by atoms with van der Waals surface area (Å²) in [5, 5.41) is 6.94. The van der Waals surface area contributed by atoms with Crippen LogP contribution in [0.2, 0.25) is 0 Å². The van der Waals surface area contributed by atoms with Gasteiger partial charge in [-0.25, -0.2) is 4.79 Å². The number of rotatable bonds is 7. The normalized spacial score (nSPS) is 11.2. The highest BCUT2D eigenvalue weighted by Crippen LogP contribution is 2.21. The zero-order valence-electron chi connectivity index (χ0n) is 14.1. The lowest BCUT2D eigenvalue weighted by Crippen LogP contribution is -2.45. The molecule has 0 radical (unpaired) electrons. The summed E-state index contributed by atoms with van der Waals surface area (Å²) >= 11 is 0. The number of aromatic nitrogens is 1. The Kier molecular flexibility index (Phi) is 5.81. The van der Waals surface area contributed by atoms with E-state index in [9.17, 15) is 4.79 Å². The van der Waals surface area contributed by atoms with E-state index in [0.29, 0.717) is 30.3 Å². The fraction of sp³-hybridized carbons (Fsp3) is 0.500. The topological polar surface area (TPSA) is 74.8 Å². The number of hydrogen-bond donors (Lipinski definition) is 1. The molecule has 7 heteroatoms. The summed E-state index contributed by atoms with van der Waals surface area (Å²) in [5.74, 6) is 1.18. The number of nitrogens with zero attached hydrogens (tertiary/aromatic N) is 3. The minimum absolute atomic E-state index is 0.0837. The Morgan fingerprint density at radius 1 is 1.30 bits per heavy atom. The highest BCUT2D eigenvalue weighted by atomic mass is 16.5. The van der Waals surface area contributed by atoms with Crippen molar-refractivity contribution in [2.24, 2.45) is 0 Å². The number of hydrogen-bond acceptors (Lipinski definition) is 5. The first-order chi connectivity index (χ1) is 11.0. The van der Waals surface area contributed by atoms with Crippen molar-refractivity contribution in [2.75, 3.05) is 27.2 Å². The van der Waals surface area contributed by atoms with E-state index < -0.39 is 0 Å². The molecular weight excluding hydrogens is 296 g/mol. The lowest BCUT2D eigenvalue weighted by atomic mass is 10.3. The van der Waals surface area contributed by atoms with Crippen molar-refractivity contribution in [3.63, 3.8) is 0 Å². The third kappa shape index (κ3) is 5.14. The number of nitrogens with one attached hydrogen (secondary N) is 1. The predicted octanol–water partition coefficient (Wildman–Crippen LogP) is 2.42. The molecule has 0 unspecified atom stereocenters. The van der Waals surface area contributed by atoms with Gasteiger partial charge in [-0.05, 0) is 40.1 Å². The SMILES string of the molecule is CC(C)NC(=O)N(CCN(C)C)Cc1cc(-c2ccco2)on1. The van der Waals surface area contributed by atoms with Crippen LogP contribution in [0.3, 0.4) is 0 Å². The Labute approximate surface area is 136 Å². The first kappa shape index (κ1) is 17.1. The van der Waals surface area contributed by atoms with Gasteiger partial charge in [0, 0.05) is 25.2 Å². The summed E-state index contributed by atoms with van der Waals surface area (Å²) in [6, 6.07) is 5.37. The second-order valence-electron chi connectivity index (χ2n) is 5.99. The van der Waals surface area contributed by atoms with Crippen LogP contribution in [-0.2, 0) is 6.54 Å². The van der Waals surface area contributed by atoms with Crippen LogP contribution in [0.1, 0.15) is 19.5 Å². The van der Waals surface area contributed by atoms with E-state index in [1.165, 1.54) is 0 Å². The first-order valence-electron chi connectivity index (χ1n) is 7.65. The average molecular weight is 320 g/mol. The molecule has 1 N–H and O–H groups in total. The van der Waals surface area contributed by atoms with Gasteiger partial charge < -0.3 is 24.1 Å². The molecule has 0 saturated heterocycles. The third-order valence-electron chi connectivity index (χ3n) is 3.19. The Morgan fingerprint density at radius 3 is 2.70 bits per heavy atom. The molecule has 0 aliphatic rings. The average Bonchev–Trinajstić information content (AvgIpc) is 3.13. The molecule has 2 rings (SSSR count). The van der Waals surface area contributed by atoms with E-state index in [4.69, 9.17) is 8.94 Å². The van der Waals surface area contributed by atoms with E-state index in [-0.39, 0.29) is 12.1 Å². The monoisotopic (exact) mass is 320 g/mol. The summed E-state index contributed by atoms with van der Waals surface area (Å²) in [4.78, 5) is 16.1. The highest BCUT2D eigenvalue weighted by molar-refractivity contribution is 5.74. The number of urea groups is 1. The van der Waals surface area contributed by atoms with E-state index in [1.807, 2.05) is 32.8 Å². The van der Waals surface area contributed by atoms with E-state index in [2.05, 4.69) is 10.5 Å². The largest absolute Gasteiger partial charge is 0.461 e. The van der Waals surface area contributed by atoms with Gasteiger partial charge in [-0.1, -0.05) is 5.16 Å². The molecule has 7 nitrogen and oxygen atoms in total. The molecule has 2 aromatic rings. The zero-order valence-corrected chi connectivity index (χ0v) is 14.1. The molecule has 0 spiro atoms. The van der Waals surface area contributed by atoms with Gasteiger partial charge in [0.25, 0.3) is 0 Å². The minimum atomic E-state index is -0.107. The number of amides is 2. The van der Waals surface area contributed by atoms with Gasteiger partial charge in [0.2, 0.25) is 5.76 Å². The summed E-state index contributed by atoms with van der Waals surface area (Å²) < 4.78 is 10.6. The number of furan rings is 1. The van der Waals surface area contributed by atoms with Crippen LogP contribution in [-0.4, -0.2) is 54.2 Å². The van der Waals surface area contributed by atoms with E-state index in [1.54, 1.807) is 29.4 Å². The van der Waals surface area contributed by atoms with Gasteiger partial charge in [0.1, 0.15) is 5.69 Å². The second kappa shape index (κ2) is 7.82. The molecule has 2 amide bonds. The van der Waals surface area contributed by atoms with Crippen molar-refractivity contribution in [2.45, 2.75) is 26.4 Å². The predicted molar refractivity (Wildman–Crippen MR) is 86.8 cm³/mol. The first-order valence-corrected chi connectivity index (χ1v) is 7.65. The van der Waals surface area contributed by atoms with Crippen LogP contribution in [0, 0.1) is 0 Å². The maximum Gasteiger partial charge on any atom is 0.317 e. The number of carbonyl (C=O) groups is 1. The molecule has 0 aromatic carbocycles. The summed E-state index contributed by atoms with van der Waals surface area (Å²) in [6.45, 7) is 5.64. The van der Waals surface area contributed by atoms with Gasteiger partial charge in [-0.3, -0.25) is 0 Å². The van der Waals surface area contributed by atoms with Crippen molar-refractivity contribution >= 4 is 6.03 Å². The van der Waals surface area contributed by atoms with Gasteiger partial charge >= 0.3 is 6.03 Å². The van der Waals surface area contributed by atoms with E-state index in [0.717, 1.165) is 6.54 Å². The Morgan fingerprint density at radius 2 is 2.09 bits per heavy atom. The molecular formula is C16H24N4O3. The standard InChI is InChI=1S/C16H24N4O3/c1-12(2)17-16(21)20(8-7-19(3)4)11-13-10-15(23-18-13)14-6-5-9-22-14/h5-6,9-10,12H,7-8,11H2,1-4H3,(H,17,21). The maximum absolute atomic E-state index is 12.3. The quantitative estimate of drug-likeness (QED) is 0.848. The lowest BCUT2D eigenvalue weighted by Gasteiger charge is -2.24. The molecule has 23 heavy (non-hydrogen) atoms. The molecule has 0 aliphatic heterocycles. The number of carbonyl (C=O) groups excluding carboxylic acids is 1. The fourth-order valence-corrected chi connectivity index (χ4v) is 2.03. The number of likely N-dealkylation sites (N-methyl/N-ethyl adjacent to an activating group) is 1. The highest BCUT2D eigenvalue weighted by Gasteiger charge is 2.18. The van der Waals surface area contributed by atoms with Crippen molar-refractivity contribution in [1.29, 1.82) is 0 Å². The van der Waals surface area contributed by atoms with Crippen molar-refractivity contribution in [1.82, 2.24) is 20.3 Å². The molecule has 2 heterocycles. The summed E-state index contributed by atoms with van der Waals surface area (Å²) in [7, 11) is 3.95. The third-order valence-corrected chi connectivity index (χ3v) is 3.19. The molecule has 0 aliphatic carbocycles. The smallest absolute Gasteiger partial charge is 0.317 e. The molecule has 0 fully saturated rings. The zero-order chi connectivity index (χ0) is 16.8. The van der Waals surface area contributed by atoms with Gasteiger partial charge in [-0.15, -0.1) is 0 Å². The Bertz CT molecular complexity index is 605. The van der Waals surface area contributed by atoms with Crippen LogP contribution < -0.4 is 5.32 Å². The van der Waals surface area contributed by atoms with Gasteiger partial charge in [0.05, 0.1) is 12.8 Å². The fourth-order valence-electron chi connectivity index (χ4n) is 2.03. The molecule has 2 aromatic heterocycles. The molecule has 126 valence electrons. The maximum atomic E-state index is 12.3. The van der Waals surface area contributed by atoms with Crippen LogP contribution in [0.4, 0.5) is 4.79 Å². The Hall–Kier alpha value is -2.28. The minimum Gasteiger partial charge on any atom is -0.461 e. The van der Waals surface area contributed by atoms with Gasteiger partial charge in [-0.2, -0.15) is 0 Å². The van der Waals surface area contributed by atoms with Gasteiger partial charge in [0.15, 0.2) is 5.76 Å². The summed E-state index contributed by atoms with van der Waals surface area (Å²) in [5.41, 5.74) is 0.689. The summed E-state index contributed by atoms with van der Waals surface area (Å²) in [6.07, 6.45) is 1.58. The van der Waals surface area contributed by atoms with Crippen molar-refractivity contribution in [3.05, 3.63) is 30.2 Å². The molecule has 0 atom stereocenters. The van der Waals surface area contributed by atoms with Crippen LogP contribution in [0.5, 0.6) is 0 Å². The van der Waals surface area contributed by atoms with Crippen LogP contribution in [0.15, 0.2) is 33.4 Å². The Balaban J connectivity index is 2.05. The van der Waals surface area contributed by atoms with Crippen molar-refractivity contribution < 1.29 is 13.7 Å². The van der Waals surface area contributed by atoms with Crippen LogP contribution >= 0.6 is 0 Å².